The highest BCUT2D eigenvalue weighted by atomic mass is 79.9. The predicted molar refractivity (Wildman–Crippen MR) is 124 cm³/mol. The van der Waals surface area contributed by atoms with Crippen molar-refractivity contribution >= 4 is 39.2 Å². The number of ether oxygens (including phenoxy) is 1. The quantitative estimate of drug-likeness (QED) is 0.641. The molecular formula is C24H22BrN3O3. The number of amides is 2. The Balaban J connectivity index is 1.52. The van der Waals surface area contributed by atoms with Crippen LogP contribution in [0.5, 0.6) is 0 Å². The number of alkyl carbamates (subject to hydrolysis) is 1. The second-order valence-electron chi connectivity index (χ2n) is 7.30. The van der Waals surface area contributed by atoms with Gasteiger partial charge in [-0.2, -0.15) is 0 Å². The maximum Gasteiger partial charge on any atom is 0.407 e. The van der Waals surface area contributed by atoms with Crippen molar-refractivity contribution in [2.24, 2.45) is 4.99 Å². The summed E-state index contributed by atoms with van der Waals surface area (Å²) in [7, 11) is 1.28. The molecule has 0 saturated carbocycles. The molecule has 0 aromatic heterocycles. The molecule has 2 heterocycles. The summed E-state index contributed by atoms with van der Waals surface area (Å²) in [5.41, 5.74) is 3.83. The summed E-state index contributed by atoms with van der Waals surface area (Å²) in [4.78, 5) is 31.8. The Morgan fingerprint density at radius 3 is 2.61 bits per heavy atom. The van der Waals surface area contributed by atoms with Gasteiger partial charge in [0.05, 0.1) is 13.2 Å². The number of carbonyl (C=O) groups is 2. The average molecular weight is 480 g/mol. The van der Waals surface area contributed by atoms with E-state index in [1.807, 2.05) is 72.9 Å². The first-order valence-corrected chi connectivity index (χ1v) is 10.7. The van der Waals surface area contributed by atoms with Crippen LogP contribution in [0.4, 0.5) is 4.79 Å². The molecule has 2 aliphatic rings. The fourth-order valence-electron chi connectivity index (χ4n) is 3.78. The van der Waals surface area contributed by atoms with Crippen molar-refractivity contribution in [3.8, 4) is 0 Å². The minimum absolute atomic E-state index is 0.202. The lowest BCUT2D eigenvalue weighted by molar-refractivity contribution is -0.133. The molecule has 1 N–H and O–H groups in total. The third-order valence-electron chi connectivity index (χ3n) is 5.38. The number of halogens is 1. The summed E-state index contributed by atoms with van der Waals surface area (Å²) in [5.74, 6) is -0.202. The Morgan fingerprint density at radius 1 is 1.16 bits per heavy atom. The standard InChI is InChI=1S/C24H22BrN3O3/c1-31-24(30)27-22(17-6-3-2-4-7-17)23(29)28-13-5-8-21(28)20-14-18(15-26-20)16-9-11-19(25)12-10-16/h2-12,15,21-22H,13-14H2,1H3,(H,27,30)/t21-,22+/m0/s1. The van der Waals surface area contributed by atoms with E-state index < -0.39 is 12.1 Å². The van der Waals surface area contributed by atoms with Gasteiger partial charge < -0.3 is 15.0 Å². The van der Waals surface area contributed by atoms with Crippen LogP contribution in [0.1, 0.15) is 23.6 Å². The fourth-order valence-corrected chi connectivity index (χ4v) is 4.05. The number of rotatable bonds is 5. The molecule has 6 nitrogen and oxygen atoms in total. The Morgan fingerprint density at radius 2 is 1.90 bits per heavy atom. The van der Waals surface area contributed by atoms with Crippen molar-refractivity contribution in [2.75, 3.05) is 13.7 Å². The first-order valence-electron chi connectivity index (χ1n) is 9.95. The smallest absolute Gasteiger partial charge is 0.407 e. The number of hydrogen-bond donors (Lipinski definition) is 1. The molecule has 0 radical (unpaired) electrons. The van der Waals surface area contributed by atoms with E-state index in [0.717, 1.165) is 21.3 Å². The van der Waals surface area contributed by atoms with Crippen LogP contribution in [-0.2, 0) is 9.53 Å². The van der Waals surface area contributed by atoms with E-state index in [1.54, 1.807) is 4.90 Å². The minimum Gasteiger partial charge on any atom is -0.453 e. The third kappa shape index (κ3) is 4.61. The maximum atomic E-state index is 13.5. The number of nitrogens with one attached hydrogen (secondary N) is 1. The zero-order chi connectivity index (χ0) is 21.8. The summed E-state index contributed by atoms with van der Waals surface area (Å²) in [6.07, 6.45) is 5.84. The van der Waals surface area contributed by atoms with Crippen molar-refractivity contribution in [2.45, 2.75) is 18.5 Å². The molecule has 2 aromatic rings. The van der Waals surface area contributed by atoms with E-state index in [4.69, 9.17) is 4.74 Å². The van der Waals surface area contributed by atoms with Crippen LogP contribution in [0.25, 0.3) is 5.57 Å². The highest BCUT2D eigenvalue weighted by Gasteiger charge is 2.35. The van der Waals surface area contributed by atoms with Crippen LogP contribution in [0.15, 0.2) is 82.4 Å². The summed E-state index contributed by atoms with van der Waals surface area (Å²) in [6.45, 7) is 0.461. The summed E-state index contributed by atoms with van der Waals surface area (Å²) in [5, 5.41) is 2.67. The highest BCUT2D eigenvalue weighted by Crippen LogP contribution is 2.29. The van der Waals surface area contributed by atoms with Gasteiger partial charge in [0.15, 0.2) is 0 Å². The Bertz CT molecular complexity index is 1060. The predicted octanol–water partition coefficient (Wildman–Crippen LogP) is 4.50. The largest absolute Gasteiger partial charge is 0.453 e. The zero-order valence-electron chi connectivity index (χ0n) is 17.0. The van der Waals surface area contributed by atoms with E-state index in [0.29, 0.717) is 18.5 Å². The van der Waals surface area contributed by atoms with E-state index >= 15 is 0 Å². The van der Waals surface area contributed by atoms with Gasteiger partial charge in [-0.25, -0.2) is 4.79 Å². The van der Waals surface area contributed by atoms with Gasteiger partial charge in [0, 0.05) is 29.3 Å². The second kappa shape index (κ2) is 9.31. The first-order chi connectivity index (χ1) is 15.1. The molecule has 0 spiro atoms. The molecule has 2 atom stereocenters. The number of aliphatic imine (C=N–C) groups is 1. The summed E-state index contributed by atoms with van der Waals surface area (Å²) >= 11 is 3.46. The number of allylic oxidation sites excluding steroid dienone is 1. The van der Waals surface area contributed by atoms with E-state index in [1.165, 1.54) is 7.11 Å². The van der Waals surface area contributed by atoms with Crippen molar-refractivity contribution in [3.63, 3.8) is 0 Å². The average Bonchev–Trinajstić information content (AvgIpc) is 3.47. The number of methoxy groups -OCH3 is 1. The number of benzene rings is 2. The third-order valence-corrected chi connectivity index (χ3v) is 5.91. The van der Waals surface area contributed by atoms with Crippen LogP contribution in [-0.4, -0.2) is 42.3 Å². The molecule has 0 bridgehead atoms. The van der Waals surface area contributed by atoms with Crippen LogP contribution in [0.3, 0.4) is 0 Å². The molecule has 0 aliphatic carbocycles. The molecule has 158 valence electrons. The van der Waals surface area contributed by atoms with Crippen LogP contribution >= 0.6 is 15.9 Å². The number of hydrogen-bond acceptors (Lipinski definition) is 4. The Hall–Kier alpha value is -3.19. The van der Waals surface area contributed by atoms with Gasteiger partial charge in [-0.15, -0.1) is 0 Å². The van der Waals surface area contributed by atoms with E-state index in [9.17, 15) is 9.59 Å². The molecule has 31 heavy (non-hydrogen) atoms. The van der Waals surface area contributed by atoms with Gasteiger partial charge in [0.25, 0.3) is 5.91 Å². The lowest BCUT2D eigenvalue weighted by Gasteiger charge is -2.29. The molecule has 0 unspecified atom stereocenters. The summed E-state index contributed by atoms with van der Waals surface area (Å²) in [6, 6.07) is 16.2. The van der Waals surface area contributed by atoms with Crippen molar-refractivity contribution in [1.29, 1.82) is 0 Å². The first kappa shape index (κ1) is 21.1. The molecule has 7 heteroatoms. The van der Waals surface area contributed by atoms with E-state index in [-0.39, 0.29) is 11.9 Å². The topological polar surface area (TPSA) is 71.0 Å². The van der Waals surface area contributed by atoms with Crippen molar-refractivity contribution < 1.29 is 14.3 Å². The van der Waals surface area contributed by atoms with Crippen molar-refractivity contribution in [1.82, 2.24) is 10.2 Å². The lowest BCUT2D eigenvalue weighted by atomic mass is 9.99. The molecule has 4 rings (SSSR count). The van der Waals surface area contributed by atoms with Gasteiger partial charge in [0.2, 0.25) is 0 Å². The van der Waals surface area contributed by atoms with Gasteiger partial charge in [0.1, 0.15) is 6.04 Å². The fraction of sp³-hybridized carbons (Fsp3) is 0.208. The van der Waals surface area contributed by atoms with Gasteiger partial charge in [-0.05, 0) is 28.8 Å². The van der Waals surface area contributed by atoms with Crippen LogP contribution < -0.4 is 5.32 Å². The molecular weight excluding hydrogens is 458 g/mol. The molecule has 2 aromatic carbocycles. The second-order valence-corrected chi connectivity index (χ2v) is 8.22. The zero-order valence-corrected chi connectivity index (χ0v) is 18.6. The minimum atomic E-state index is -0.836. The van der Waals surface area contributed by atoms with Crippen LogP contribution in [0, 0.1) is 0 Å². The Labute approximate surface area is 189 Å². The summed E-state index contributed by atoms with van der Waals surface area (Å²) < 4.78 is 5.77. The van der Waals surface area contributed by atoms with Gasteiger partial charge in [-0.1, -0.05) is 70.5 Å². The molecule has 0 saturated heterocycles. The van der Waals surface area contributed by atoms with Gasteiger partial charge in [-0.3, -0.25) is 9.79 Å². The number of nitrogens with zero attached hydrogens (tertiary/aromatic N) is 2. The normalized spacial score (nSPS) is 18.4. The number of carbonyl (C=O) groups excluding carboxylic acids is 2. The Kier molecular flexibility index (Phi) is 6.32. The van der Waals surface area contributed by atoms with Crippen LogP contribution in [0.2, 0.25) is 0 Å². The lowest BCUT2D eigenvalue weighted by Crippen LogP contribution is -2.47. The SMILES string of the molecule is COC(=O)N[C@@H](C(=O)N1CC=C[C@H]1C1=NC=C(c2ccc(Br)cc2)C1)c1ccccc1. The highest BCUT2D eigenvalue weighted by molar-refractivity contribution is 9.10. The maximum absolute atomic E-state index is 13.5. The molecule has 2 aliphatic heterocycles. The van der Waals surface area contributed by atoms with Gasteiger partial charge >= 0.3 is 6.09 Å². The monoisotopic (exact) mass is 479 g/mol. The molecule has 2 amide bonds. The van der Waals surface area contributed by atoms with Crippen molar-refractivity contribution in [3.05, 3.63) is 88.5 Å². The van der Waals surface area contributed by atoms with E-state index in [2.05, 4.69) is 26.2 Å². The molecule has 0 fully saturated rings.